The quantitative estimate of drug-likeness (QED) is 0.815. The molecule has 4 nitrogen and oxygen atoms in total. The number of hydrogen-bond acceptors (Lipinski definition) is 4. The maximum Gasteiger partial charge on any atom is 0.107 e. The highest BCUT2D eigenvalue weighted by Crippen LogP contribution is 2.13. The van der Waals surface area contributed by atoms with Gasteiger partial charge in [-0.15, -0.1) is 11.3 Å². The van der Waals surface area contributed by atoms with Crippen LogP contribution in [0.4, 0.5) is 0 Å². The normalized spacial score (nSPS) is 11.1. The minimum Gasteiger partial charge on any atom is -0.329 e. The topological polar surface area (TPSA) is 42.7 Å². The van der Waals surface area contributed by atoms with E-state index in [9.17, 15) is 0 Å². The average Bonchev–Trinajstić information content (AvgIpc) is 2.92. The summed E-state index contributed by atoms with van der Waals surface area (Å²) in [4.78, 5) is 8.94. The minimum absolute atomic E-state index is 0.816. The maximum absolute atomic E-state index is 4.64. The molecule has 0 spiro atoms. The number of hydrogen-bond donors (Lipinski definition) is 1. The molecule has 0 atom stereocenters. The minimum atomic E-state index is 0.816. The zero-order chi connectivity index (χ0) is 13.0. The molecule has 0 saturated carbocycles. The van der Waals surface area contributed by atoms with Crippen LogP contribution in [0.15, 0.2) is 11.7 Å². The Labute approximate surface area is 112 Å². The van der Waals surface area contributed by atoms with Gasteiger partial charge in [0.1, 0.15) is 5.01 Å². The van der Waals surface area contributed by atoms with E-state index in [-0.39, 0.29) is 0 Å². The van der Waals surface area contributed by atoms with Gasteiger partial charge in [0.15, 0.2) is 0 Å². The summed E-state index contributed by atoms with van der Waals surface area (Å²) in [6.45, 7) is 9.04. The van der Waals surface area contributed by atoms with Crippen LogP contribution >= 0.6 is 11.3 Å². The van der Waals surface area contributed by atoms with Crippen LogP contribution in [0.2, 0.25) is 0 Å². The molecule has 0 amide bonds. The van der Waals surface area contributed by atoms with E-state index in [1.165, 1.54) is 5.69 Å². The third kappa shape index (κ3) is 3.17. The zero-order valence-electron chi connectivity index (χ0n) is 11.2. The van der Waals surface area contributed by atoms with Crippen LogP contribution in [0, 0.1) is 13.8 Å². The van der Waals surface area contributed by atoms with Gasteiger partial charge in [0.05, 0.1) is 24.3 Å². The summed E-state index contributed by atoms with van der Waals surface area (Å²) < 4.78 is 2.15. The molecule has 0 aliphatic rings. The zero-order valence-corrected chi connectivity index (χ0v) is 12.0. The van der Waals surface area contributed by atoms with Crippen LogP contribution in [0.3, 0.4) is 0 Å². The molecule has 1 N–H and O–H groups in total. The van der Waals surface area contributed by atoms with Crippen LogP contribution in [-0.4, -0.2) is 21.1 Å². The lowest BCUT2D eigenvalue weighted by Gasteiger charge is -2.02. The van der Waals surface area contributed by atoms with Gasteiger partial charge >= 0.3 is 0 Å². The number of aryl methyl sites for hydroxylation is 1. The van der Waals surface area contributed by atoms with Gasteiger partial charge in [0, 0.05) is 17.6 Å². The van der Waals surface area contributed by atoms with E-state index in [1.807, 2.05) is 13.3 Å². The molecular weight excluding hydrogens is 244 g/mol. The Kier molecular flexibility index (Phi) is 4.49. The van der Waals surface area contributed by atoms with Gasteiger partial charge in [-0.3, -0.25) is 0 Å². The van der Waals surface area contributed by atoms with Crippen LogP contribution in [0.1, 0.15) is 35.4 Å². The van der Waals surface area contributed by atoms with E-state index in [0.29, 0.717) is 0 Å². The number of nitrogens with one attached hydrogen (secondary N) is 1. The number of imidazole rings is 1. The molecule has 5 heteroatoms. The van der Waals surface area contributed by atoms with Crippen molar-refractivity contribution in [1.29, 1.82) is 0 Å². The second-order valence-corrected chi connectivity index (χ2v) is 5.40. The molecule has 0 unspecified atom stereocenters. The standard InChI is InChI=1S/C13H20N4S/c1-4-5-14-6-13-16-12(8-18-13)7-17-9-15-10(2)11(17)3/h8-9,14H,4-7H2,1-3H3. The summed E-state index contributed by atoms with van der Waals surface area (Å²) in [6.07, 6.45) is 3.05. The Hall–Kier alpha value is -1.20. The first-order chi connectivity index (χ1) is 8.70. The van der Waals surface area contributed by atoms with Gasteiger partial charge in [-0.2, -0.15) is 0 Å². The molecule has 0 saturated heterocycles. The van der Waals surface area contributed by atoms with E-state index in [4.69, 9.17) is 0 Å². The monoisotopic (exact) mass is 264 g/mol. The lowest BCUT2D eigenvalue weighted by Crippen LogP contribution is -2.13. The van der Waals surface area contributed by atoms with Gasteiger partial charge in [-0.1, -0.05) is 6.92 Å². The SMILES string of the molecule is CCCNCc1nc(Cn2cnc(C)c2C)cs1. The van der Waals surface area contributed by atoms with Crippen molar-refractivity contribution in [2.24, 2.45) is 0 Å². The fraction of sp³-hybridized carbons (Fsp3) is 0.538. The summed E-state index contributed by atoms with van der Waals surface area (Å²) >= 11 is 1.72. The van der Waals surface area contributed by atoms with Crippen LogP contribution in [0.25, 0.3) is 0 Å². The lowest BCUT2D eigenvalue weighted by molar-refractivity contribution is 0.668. The summed E-state index contributed by atoms with van der Waals surface area (Å²) in [5, 5.41) is 6.67. The van der Waals surface area contributed by atoms with Gasteiger partial charge in [0.25, 0.3) is 0 Å². The molecule has 0 aromatic carbocycles. The summed E-state index contributed by atoms with van der Waals surface area (Å²) in [5.74, 6) is 0. The van der Waals surface area contributed by atoms with Crippen LogP contribution < -0.4 is 5.32 Å². The van der Waals surface area contributed by atoms with Crippen molar-refractivity contribution < 1.29 is 0 Å². The summed E-state index contributed by atoms with van der Waals surface area (Å²) in [6, 6.07) is 0. The van der Waals surface area contributed by atoms with E-state index in [0.717, 1.165) is 42.5 Å². The van der Waals surface area contributed by atoms with Crippen molar-refractivity contribution in [2.45, 2.75) is 40.3 Å². The number of nitrogens with zero attached hydrogens (tertiary/aromatic N) is 3. The molecule has 2 rings (SSSR count). The van der Waals surface area contributed by atoms with Crippen molar-refractivity contribution in [3.63, 3.8) is 0 Å². The predicted octanol–water partition coefficient (Wildman–Crippen LogP) is 2.50. The van der Waals surface area contributed by atoms with Crippen molar-refractivity contribution in [3.05, 3.63) is 33.8 Å². The Balaban J connectivity index is 1.96. The second-order valence-electron chi connectivity index (χ2n) is 4.45. The first kappa shape index (κ1) is 13.2. The number of thiazole rings is 1. The van der Waals surface area contributed by atoms with Crippen molar-refractivity contribution in [3.8, 4) is 0 Å². The third-order valence-corrected chi connectivity index (χ3v) is 3.88. The highest BCUT2D eigenvalue weighted by atomic mass is 32.1. The summed E-state index contributed by atoms with van der Waals surface area (Å²) in [5.41, 5.74) is 3.43. The van der Waals surface area contributed by atoms with Crippen LogP contribution in [-0.2, 0) is 13.1 Å². The molecule has 0 aliphatic carbocycles. The molecule has 2 heterocycles. The molecule has 0 radical (unpaired) electrons. The molecule has 98 valence electrons. The molecule has 0 aliphatic heterocycles. The highest BCUT2D eigenvalue weighted by Gasteiger charge is 2.06. The van der Waals surface area contributed by atoms with Crippen molar-refractivity contribution in [1.82, 2.24) is 19.9 Å². The average molecular weight is 264 g/mol. The highest BCUT2D eigenvalue weighted by molar-refractivity contribution is 7.09. The van der Waals surface area contributed by atoms with Crippen molar-refractivity contribution >= 4 is 11.3 Å². The second kappa shape index (κ2) is 6.11. The van der Waals surface area contributed by atoms with E-state index < -0.39 is 0 Å². The third-order valence-electron chi connectivity index (χ3n) is 2.98. The largest absolute Gasteiger partial charge is 0.329 e. The first-order valence-electron chi connectivity index (χ1n) is 6.33. The fourth-order valence-electron chi connectivity index (χ4n) is 1.75. The fourth-order valence-corrected chi connectivity index (χ4v) is 2.51. The van der Waals surface area contributed by atoms with Crippen LogP contribution in [0.5, 0.6) is 0 Å². The van der Waals surface area contributed by atoms with E-state index in [1.54, 1.807) is 11.3 Å². The smallest absolute Gasteiger partial charge is 0.107 e. The van der Waals surface area contributed by atoms with E-state index in [2.05, 4.69) is 39.1 Å². The summed E-state index contributed by atoms with van der Waals surface area (Å²) in [7, 11) is 0. The first-order valence-corrected chi connectivity index (χ1v) is 7.21. The number of aromatic nitrogens is 3. The molecule has 2 aromatic heterocycles. The Morgan fingerprint density at radius 2 is 2.22 bits per heavy atom. The predicted molar refractivity (Wildman–Crippen MR) is 74.9 cm³/mol. The molecule has 0 fully saturated rings. The molecular formula is C13H20N4S. The molecule has 18 heavy (non-hydrogen) atoms. The van der Waals surface area contributed by atoms with E-state index >= 15 is 0 Å². The lowest BCUT2D eigenvalue weighted by atomic mass is 10.3. The Morgan fingerprint density at radius 3 is 2.89 bits per heavy atom. The van der Waals surface area contributed by atoms with Gasteiger partial charge in [0.2, 0.25) is 0 Å². The maximum atomic E-state index is 4.64. The van der Waals surface area contributed by atoms with Crippen molar-refractivity contribution in [2.75, 3.05) is 6.54 Å². The van der Waals surface area contributed by atoms with Gasteiger partial charge in [-0.25, -0.2) is 9.97 Å². The van der Waals surface area contributed by atoms with Gasteiger partial charge in [-0.05, 0) is 26.8 Å². The Bertz CT molecular complexity index is 501. The Morgan fingerprint density at radius 1 is 1.39 bits per heavy atom. The van der Waals surface area contributed by atoms with Gasteiger partial charge < -0.3 is 9.88 Å². The molecule has 2 aromatic rings. The number of rotatable bonds is 6. The molecule has 0 bridgehead atoms.